The van der Waals surface area contributed by atoms with Crippen LogP contribution in [0.3, 0.4) is 0 Å². The van der Waals surface area contributed by atoms with E-state index in [1.54, 1.807) is 13.3 Å². The van der Waals surface area contributed by atoms with Crippen molar-refractivity contribution in [2.24, 2.45) is 0 Å². The van der Waals surface area contributed by atoms with E-state index in [0.29, 0.717) is 0 Å². The molecule has 1 heterocycles. The minimum atomic E-state index is 0.133. The summed E-state index contributed by atoms with van der Waals surface area (Å²) in [5, 5.41) is 3.31. The van der Waals surface area contributed by atoms with Gasteiger partial charge in [0.2, 0.25) is 0 Å². The quantitative estimate of drug-likeness (QED) is 0.785. The average Bonchev–Trinajstić information content (AvgIpc) is 2.38. The van der Waals surface area contributed by atoms with Crippen molar-refractivity contribution in [3.05, 3.63) is 24.0 Å². The van der Waals surface area contributed by atoms with Crippen LogP contribution in [0, 0.1) is 0 Å². The van der Waals surface area contributed by atoms with Gasteiger partial charge in [-0.2, -0.15) is 0 Å². The molecule has 0 spiro atoms. The zero-order chi connectivity index (χ0) is 14.3. The first-order valence-electron chi connectivity index (χ1n) is 6.94. The van der Waals surface area contributed by atoms with Crippen molar-refractivity contribution >= 4 is 0 Å². The first-order valence-corrected chi connectivity index (χ1v) is 6.94. The lowest BCUT2D eigenvalue weighted by Crippen LogP contribution is -2.31. The molecule has 0 saturated heterocycles. The van der Waals surface area contributed by atoms with Crippen LogP contribution in [-0.4, -0.2) is 31.3 Å². The normalized spacial score (nSPS) is 14.4. The fourth-order valence-electron chi connectivity index (χ4n) is 2.21. The smallest absolute Gasteiger partial charge is 0.138 e. The molecule has 0 bridgehead atoms. The summed E-state index contributed by atoms with van der Waals surface area (Å²) >= 11 is 0. The topological polar surface area (TPSA) is 43.4 Å². The van der Waals surface area contributed by atoms with Gasteiger partial charge in [-0.25, -0.2) is 0 Å². The van der Waals surface area contributed by atoms with Gasteiger partial charge in [-0.15, -0.1) is 0 Å². The number of aromatic nitrogens is 1. The standard InChI is InChI=1S/C15H26N2O2/c1-6-7-14(18-5)15(16-4)12-8-13(10-17-9-12)19-11(2)3/h8-11,14-16H,6-7H2,1-5H3. The van der Waals surface area contributed by atoms with E-state index in [-0.39, 0.29) is 18.2 Å². The van der Waals surface area contributed by atoms with Crippen LogP contribution < -0.4 is 10.1 Å². The SMILES string of the molecule is CCCC(OC)C(NC)c1cncc(OC(C)C)c1. The third-order valence-electron chi connectivity index (χ3n) is 3.02. The molecule has 4 heteroatoms. The maximum atomic E-state index is 5.69. The number of hydrogen-bond donors (Lipinski definition) is 1. The Morgan fingerprint density at radius 3 is 2.58 bits per heavy atom. The number of pyridine rings is 1. The Hall–Kier alpha value is -1.13. The zero-order valence-electron chi connectivity index (χ0n) is 12.6. The van der Waals surface area contributed by atoms with Gasteiger partial charge in [0.25, 0.3) is 0 Å². The van der Waals surface area contributed by atoms with Crippen molar-refractivity contribution in [1.29, 1.82) is 0 Å². The molecule has 1 aromatic rings. The highest BCUT2D eigenvalue weighted by atomic mass is 16.5. The van der Waals surface area contributed by atoms with Crippen molar-refractivity contribution < 1.29 is 9.47 Å². The molecule has 0 aliphatic rings. The fraction of sp³-hybridized carbons (Fsp3) is 0.667. The Bertz CT molecular complexity index is 369. The summed E-state index contributed by atoms with van der Waals surface area (Å²) in [6, 6.07) is 2.17. The molecule has 0 fully saturated rings. The molecule has 1 rings (SSSR count). The molecule has 0 aliphatic carbocycles. The number of rotatable bonds is 8. The molecule has 0 aromatic carbocycles. The number of nitrogens with one attached hydrogen (secondary N) is 1. The van der Waals surface area contributed by atoms with E-state index in [0.717, 1.165) is 24.2 Å². The minimum absolute atomic E-state index is 0.133. The van der Waals surface area contributed by atoms with Crippen LogP contribution >= 0.6 is 0 Å². The van der Waals surface area contributed by atoms with Gasteiger partial charge in [-0.05, 0) is 38.9 Å². The Balaban J connectivity index is 2.90. The highest BCUT2D eigenvalue weighted by molar-refractivity contribution is 5.27. The summed E-state index contributed by atoms with van der Waals surface area (Å²) in [6.07, 6.45) is 6.02. The molecule has 1 N–H and O–H groups in total. The molecule has 108 valence electrons. The highest BCUT2D eigenvalue weighted by Crippen LogP contribution is 2.24. The molecule has 2 atom stereocenters. The lowest BCUT2D eigenvalue weighted by molar-refractivity contribution is 0.0628. The van der Waals surface area contributed by atoms with Crippen LogP contribution in [0.5, 0.6) is 5.75 Å². The number of methoxy groups -OCH3 is 1. The van der Waals surface area contributed by atoms with Gasteiger partial charge in [-0.3, -0.25) is 4.98 Å². The molecule has 0 radical (unpaired) electrons. The van der Waals surface area contributed by atoms with Crippen LogP contribution in [0.15, 0.2) is 18.5 Å². The maximum Gasteiger partial charge on any atom is 0.138 e. The molecule has 4 nitrogen and oxygen atoms in total. The second-order valence-corrected chi connectivity index (χ2v) is 4.95. The third kappa shape index (κ3) is 4.80. The summed E-state index contributed by atoms with van der Waals surface area (Å²) in [7, 11) is 3.70. The Kier molecular flexibility index (Phi) is 6.81. The van der Waals surface area contributed by atoms with E-state index in [4.69, 9.17) is 9.47 Å². The van der Waals surface area contributed by atoms with Crippen LogP contribution in [0.4, 0.5) is 0 Å². The first-order chi connectivity index (χ1) is 9.12. The Labute approximate surface area is 116 Å². The molecule has 0 saturated carbocycles. The number of ether oxygens (including phenoxy) is 2. The largest absolute Gasteiger partial charge is 0.489 e. The van der Waals surface area contributed by atoms with E-state index in [9.17, 15) is 0 Å². The van der Waals surface area contributed by atoms with Gasteiger partial charge in [0.05, 0.1) is 24.4 Å². The van der Waals surface area contributed by atoms with E-state index in [1.165, 1.54) is 0 Å². The molecular formula is C15H26N2O2. The summed E-state index contributed by atoms with van der Waals surface area (Å²) in [5.41, 5.74) is 1.10. The molecule has 0 aliphatic heterocycles. The lowest BCUT2D eigenvalue weighted by atomic mass is 9.99. The second kappa shape index (κ2) is 8.12. The zero-order valence-corrected chi connectivity index (χ0v) is 12.6. The summed E-state index contributed by atoms with van der Waals surface area (Å²) < 4.78 is 11.3. The molecular weight excluding hydrogens is 240 g/mol. The van der Waals surface area contributed by atoms with Crippen LogP contribution in [0.25, 0.3) is 0 Å². The maximum absolute atomic E-state index is 5.69. The number of nitrogens with zero attached hydrogens (tertiary/aromatic N) is 1. The van der Waals surface area contributed by atoms with E-state index in [1.807, 2.05) is 33.2 Å². The highest BCUT2D eigenvalue weighted by Gasteiger charge is 2.21. The van der Waals surface area contributed by atoms with Crippen molar-refractivity contribution in [1.82, 2.24) is 10.3 Å². The van der Waals surface area contributed by atoms with E-state index < -0.39 is 0 Å². The van der Waals surface area contributed by atoms with Gasteiger partial charge < -0.3 is 14.8 Å². The van der Waals surface area contributed by atoms with Gasteiger partial charge in [0, 0.05) is 13.3 Å². The van der Waals surface area contributed by atoms with Crippen LogP contribution in [0.2, 0.25) is 0 Å². The lowest BCUT2D eigenvalue weighted by Gasteiger charge is -2.26. The fourth-order valence-corrected chi connectivity index (χ4v) is 2.21. The second-order valence-electron chi connectivity index (χ2n) is 4.95. The van der Waals surface area contributed by atoms with Crippen LogP contribution in [0.1, 0.15) is 45.2 Å². The van der Waals surface area contributed by atoms with Crippen LogP contribution in [-0.2, 0) is 4.74 Å². The van der Waals surface area contributed by atoms with Gasteiger partial charge in [0.15, 0.2) is 0 Å². The van der Waals surface area contributed by atoms with Gasteiger partial charge in [0.1, 0.15) is 5.75 Å². The summed E-state index contributed by atoms with van der Waals surface area (Å²) in [6.45, 7) is 6.18. The molecule has 2 unspecified atom stereocenters. The van der Waals surface area contributed by atoms with Gasteiger partial charge >= 0.3 is 0 Å². The first kappa shape index (κ1) is 15.9. The molecule has 0 amide bonds. The van der Waals surface area contributed by atoms with Crippen molar-refractivity contribution in [3.8, 4) is 5.75 Å². The monoisotopic (exact) mass is 266 g/mol. The minimum Gasteiger partial charge on any atom is -0.489 e. The summed E-state index contributed by atoms with van der Waals surface area (Å²) in [5.74, 6) is 0.805. The van der Waals surface area contributed by atoms with E-state index in [2.05, 4.69) is 17.2 Å². The Morgan fingerprint density at radius 1 is 1.32 bits per heavy atom. The predicted octanol–water partition coefficient (Wildman–Crippen LogP) is 2.94. The molecule has 1 aromatic heterocycles. The van der Waals surface area contributed by atoms with Crippen molar-refractivity contribution in [3.63, 3.8) is 0 Å². The predicted molar refractivity (Wildman–Crippen MR) is 77.5 cm³/mol. The molecule has 19 heavy (non-hydrogen) atoms. The van der Waals surface area contributed by atoms with E-state index >= 15 is 0 Å². The number of hydrogen-bond acceptors (Lipinski definition) is 4. The van der Waals surface area contributed by atoms with Crippen molar-refractivity contribution in [2.75, 3.05) is 14.2 Å². The number of likely N-dealkylation sites (N-methyl/N-ethyl adjacent to an activating group) is 1. The van der Waals surface area contributed by atoms with Crippen molar-refractivity contribution in [2.45, 2.75) is 51.9 Å². The average molecular weight is 266 g/mol. The summed E-state index contributed by atoms with van der Waals surface area (Å²) in [4.78, 5) is 4.26. The Morgan fingerprint density at radius 2 is 2.05 bits per heavy atom. The third-order valence-corrected chi connectivity index (χ3v) is 3.02. The van der Waals surface area contributed by atoms with Gasteiger partial charge in [-0.1, -0.05) is 13.3 Å².